The third kappa shape index (κ3) is 5.31. The Morgan fingerprint density at radius 3 is 2.36 bits per heavy atom. The average Bonchev–Trinajstić information content (AvgIpc) is 3.72. The van der Waals surface area contributed by atoms with Crippen molar-refractivity contribution in [3.05, 3.63) is 29.3 Å². The number of nitrogens with zero attached hydrogens (tertiary/aromatic N) is 7. The van der Waals surface area contributed by atoms with Crippen LogP contribution in [0.4, 0.5) is 11.8 Å². The Balaban J connectivity index is 1.21. The molecule has 23 nitrogen and oxygen atoms in total. The number of aliphatic hydroxyl groups excluding tert-OH is 2. The van der Waals surface area contributed by atoms with Crippen molar-refractivity contribution < 1.29 is 56.7 Å². The van der Waals surface area contributed by atoms with Gasteiger partial charge >= 0.3 is 7.82 Å². The van der Waals surface area contributed by atoms with Crippen molar-refractivity contribution in [2.75, 3.05) is 24.7 Å². The fourth-order valence-corrected chi connectivity index (χ4v) is 7.17. The quantitative estimate of drug-likeness (QED) is 0.116. The van der Waals surface area contributed by atoms with Gasteiger partial charge in [0.25, 0.3) is 13.4 Å². The molecule has 0 aliphatic carbocycles. The molecule has 3 unspecified atom stereocenters. The van der Waals surface area contributed by atoms with Crippen LogP contribution in [0.2, 0.25) is 0 Å². The fourth-order valence-electron chi connectivity index (χ4n) is 5.29. The van der Waals surface area contributed by atoms with Gasteiger partial charge in [-0.25, -0.2) is 24.5 Å². The number of aromatic amines is 1. The molecule has 25 heteroatoms. The highest BCUT2D eigenvalue weighted by Crippen LogP contribution is 2.52. The smallest absolute Gasteiger partial charge is 0.472 e. The Hall–Kier alpha value is -3.44. The van der Waals surface area contributed by atoms with Crippen molar-refractivity contribution in [2.24, 2.45) is 0 Å². The lowest BCUT2D eigenvalue weighted by Crippen LogP contribution is -2.37. The van der Waals surface area contributed by atoms with Gasteiger partial charge in [0.05, 0.1) is 25.9 Å². The fraction of sp³-hybridized carbons (Fsp3) is 0.500. The van der Waals surface area contributed by atoms with Crippen molar-refractivity contribution in [1.29, 1.82) is 0 Å². The Morgan fingerprint density at radius 1 is 0.889 bits per heavy atom. The van der Waals surface area contributed by atoms with E-state index in [2.05, 4.69) is 29.9 Å². The number of phosphoric acid groups is 2. The summed E-state index contributed by atoms with van der Waals surface area (Å²) in [5.74, 6) is -0.270. The number of phosphoric ester groups is 2. The molecule has 7 heterocycles. The normalized spacial score (nSPS) is 37.7. The molecule has 0 aromatic carbocycles. The SMILES string of the molecule is Nc1nc2c(ncn2[C@@H]2O[C@@H]3COP(=O)(O)O[C@@H]4C(COP(=O)([O-])O[C@@H]2[C@@H]3O)O[C@@H](n2cnc3c(N)ncnc32)[C@@H]4O)c(=O)[nH]1. The number of nitrogens with two attached hydrogens (primary N) is 2. The van der Waals surface area contributed by atoms with Crippen molar-refractivity contribution in [1.82, 2.24) is 39.0 Å². The van der Waals surface area contributed by atoms with E-state index in [0.29, 0.717) is 0 Å². The summed E-state index contributed by atoms with van der Waals surface area (Å²) in [6.45, 7) is -1.74. The highest BCUT2D eigenvalue weighted by molar-refractivity contribution is 7.47. The lowest BCUT2D eigenvalue weighted by Gasteiger charge is -2.31. The summed E-state index contributed by atoms with van der Waals surface area (Å²) < 4.78 is 60.6. The minimum atomic E-state index is -5.36. The van der Waals surface area contributed by atoms with Gasteiger partial charge in [-0.1, -0.05) is 0 Å². The van der Waals surface area contributed by atoms with E-state index in [1.165, 1.54) is 10.9 Å². The number of nitrogen functional groups attached to an aromatic ring is 2. The molecule has 45 heavy (non-hydrogen) atoms. The van der Waals surface area contributed by atoms with Crippen molar-refractivity contribution in [3.63, 3.8) is 0 Å². The van der Waals surface area contributed by atoms with E-state index in [1.807, 2.05) is 0 Å². The minimum absolute atomic E-state index is 0.0261. The molecular weight excluding hydrogens is 650 g/mol. The topological polar surface area (TPSA) is 332 Å². The minimum Gasteiger partial charge on any atom is -0.756 e. The number of H-pyrrole nitrogens is 1. The number of nitrogens with one attached hydrogen (secondary N) is 1. The van der Waals surface area contributed by atoms with E-state index in [9.17, 15) is 33.9 Å². The molecule has 3 aliphatic heterocycles. The van der Waals surface area contributed by atoms with Crippen molar-refractivity contribution in [3.8, 4) is 0 Å². The van der Waals surface area contributed by atoms with Gasteiger partial charge in [-0.2, -0.15) is 4.98 Å². The van der Waals surface area contributed by atoms with Crippen LogP contribution in [-0.4, -0.2) is 104 Å². The second-order valence-electron chi connectivity index (χ2n) is 10.1. The number of imidazole rings is 2. The van der Waals surface area contributed by atoms with Gasteiger partial charge in [-0.15, -0.1) is 0 Å². The van der Waals surface area contributed by atoms with Gasteiger partial charge in [0, 0.05) is 0 Å². The largest absolute Gasteiger partial charge is 0.756 e. The zero-order chi connectivity index (χ0) is 31.8. The van der Waals surface area contributed by atoms with E-state index in [0.717, 1.165) is 17.2 Å². The molecular formula is C20H23N10O13P2-. The van der Waals surface area contributed by atoms with Gasteiger partial charge < -0.3 is 50.0 Å². The predicted molar refractivity (Wildman–Crippen MR) is 141 cm³/mol. The van der Waals surface area contributed by atoms with Crippen LogP contribution in [0.5, 0.6) is 0 Å². The van der Waals surface area contributed by atoms with Crippen LogP contribution in [0.1, 0.15) is 12.5 Å². The Morgan fingerprint density at radius 2 is 1.58 bits per heavy atom. The molecule has 4 aromatic rings. The number of ether oxygens (including phenoxy) is 2. The van der Waals surface area contributed by atoms with E-state index >= 15 is 0 Å². The molecule has 242 valence electrons. The highest BCUT2D eigenvalue weighted by atomic mass is 31.2. The number of rotatable bonds is 2. The number of anilines is 2. The summed E-state index contributed by atoms with van der Waals surface area (Å²) in [7, 11) is -10.4. The Bertz CT molecular complexity index is 1940. The lowest BCUT2D eigenvalue weighted by atomic mass is 10.1. The summed E-state index contributed by atoms with van der Waals surface area (Å²) in [5, 5.41) is 22.1. The predicted octanol–water partition coefficient (Wildman–Crippen LogP) is -2.97. The molecule has 0 spiro atoms. The maximum Gasteiger partial charge on any atom is 0.472 e. The van der Waals surface area contributed by atoms with Gasteiger partial charge in [0.1, 0.15) is 48.5 Å². The third-order valence-corrected chi connectivity index (χ3v) is 9.26. The number of hydrogen-bond acceptors (Lipinski definition) is 19. The van der Waals surface area contributed by atoms with Crippen LogP contribution in [-0.2, 0) is 36.7 Å². The zero-order valence-corrected chi connectivity index (χ0v) is 24.2. The molecule has 3 fully saturated rings. The van der Waals surface area contributed by atoms with Crippen molar-refractivity contribution >= 4 is 49.7 Å². The highest BCUT2D eigenvalue weighted by Gasteiger charge is 2.52. The second kappa shape index (κ2) is 10.8. The van der Waals surface area contributed by atoms with E-state index < -0.39 is 83.5 Å². The van der Waals surface area contributed by atoms with Gasteiger partial charge in [0.15, 0.2) is 35.1 Å². The molecule has 0 radical (unpaired) electrons. The van der Waals surface area contributed by atoms with Crippen LogP contribution >= 0.6 is 15.6 Å². The second-order valence-corrected chi connectivity index (χ2v) is 12.9. The number of aromatic nitrogens is 8. The number of hydrogen-bond donors (Lipinski definition) is 6. The molecule has 3 saturated heterocycles. The van der Waals surface area contributed by atoms with Crippen LogP contribution in [0.3, 0.4) is 0 Å². The summed E-state index contributed by atoms with van der Waals surface area (Å²) in [6.07, 6.45) is -9.53. The Kier molecular flexibility index (Phi) is 7.27. The molecule has 8 N–H and O–H groups in total. The summed E-state index contributed by atoms with van der Waals surface area (Å²) in [5.41, 5.74) is 10.7. The van der Waals surface area contributed by atoms with Crippen LogP contribution in [0.25, 0.3) is 22.3 Å². The van der Waals surface area contributed by atoms with E-state index in [4.69, 9.17) is 39.0 Å². The van der Waals surface area contributed by atoms with Gasteiger partial charge in [-0.05, 0) is 0 Å². The zero-order valence-electron chi connectivity index (χ0n) is 22.4. The lowest BCUT2D eigenvalue weighted by molar-refractivity contribution is -0.237. The third-order valence-electron chi connectivity index (χ3n) is 7.31. The standard InChI is InChI=1S/C20H24N10O13P2/c21-14-8-15(24-3-23-14)29(4-25-8)18-11(32)12-7(41-18)2-39-45(36,37)43-13-10(31)6(1-38-44(34,35)42-12)40-19(13)30-5-26-9-16(30)27-20(22)28-17(9)33/h3-7,10-13,18-19,31-32H,1-2H2,(H,34,35)(H,36,37)(H2,21,23,24)(H3,22,27,28,33)/p-1/t6-,7?,10-,11-,12-,13-,18-,19-/m1/s1. The van der Waals surface area contributed by atoms with Gasteiger partial charge in [-0.3, -0.25) is 32.5 Å². The molecule has 10 atom stereocenters. The van der Waals surface area contributed by atoms with Crippen LogP contribution < -0.4 is 21.9 Å². The van der Waals surface area contributed by atoms with E-state index in [-0.39, 0.29) is 34.1 Å². The molecule has 7 rings (SSSR count). The number of aliphatic hydroxyl groups is 2. The monoisotopic (exact) mass is 673 g/mol. The maximum absolute atomic E-state index is 13.1. The van der Waals surface area contributed by atoms with Crippen molar-refractivity contribution in [2.45, 2.75) is 49.1 Å². The first kappa shape index (κ1) is 30.2. The molecule has 3 aliphatic rings. The maximum atomic E-state index is 13.1. The first-order chi connectivity index (χ1) is 21.3. The number of fused-ring (bicyclic) bond motifs is 5. The molecule has 0 saturated carbocycles. The average molecular weight is 673 g/mol. The van der Waals surface area contributed by atoms with Crippen LogP contribution in [0.15, 0.2) is 23.8 Å². The molecule has 2 bridgehead atoms. The molecule has 0 amide bonds. The van der Waals surface area contributed by atoms with Crippen LogP contribution in [0, 0.1) is 0 Å². The summed E-state index contributed by atoms with van der Waals surface area (Å²) in [6, 6.07) is 0. The summed E-state index contributed by atoms with van der Waals surface area (Å²) >= 11 is 0. The van der Waals surface area contributed by atoms with E-state index in [1.54, 1.807) is 0 Å². The first-order valence-electron chi connectivity index (χ1n) is 12.9. The molecule has 4 aromatic heterocycles. The summed E-state index contributed by atoms with van der Waals surface area (Å²) in [4.78, 5) is 58.1. The Labute approximate surface area is 248 Å². The van der Waals surface area contributed by atoms with Gasteiger partial charge in [0.2, 0.25) is 5.95 Å². The first-order valence-corrected chi connectivity index (χ1v) is 15.9.